The fraction of sp³-hybridized carbons (Fsp3) is 0.600. The molecule has 0 aliphatic carbocycles. The molecule has 0 saturated heterocycles. The van der Waals surface area contributed by atoms with Crippen LogP contribution in [0.3, 0.4) is 0 Å². The third kappa shape index (κ3) is 5.73. The van der Waals surface area contributed by atoms with Crippen LogP contribution in [0.25, 0.3) is 0 Å². The van der Waals surface area contributed by atoms with Crippen molar-refractivity contribution < 1.29 is 4.74 Å². The molecule has 0 saturated carbocycles. The Morgan fingerprint density at radius 2 is 1.71 bits per heavy atom. The second-order valence-corrected chi connectivity index (χ2v) is 4.62. The van der Waals surface area contributed by atoms with Gasteiger partial charge in [-0.3, -0.25) is 0 Å². The highest BCUT2D eigenvalue weighted by Gasteiger charge is 1.99. The first-order valence-electron chi connectivity index (χ1n) is 6.72. The van der Waals surface area contributed by atoms with Crippen LogP contribution in [-0.2, 0) is 0 Å². The van der Waals surface area contributed by atoms with Crippen LogP contribution in [0.4, 0.5) is 0 Å². The molecule has 1 aromatic carbocycles. The zero-order valence-corrected chi connectivity index (χ0v) is 11.1. The van der Waals surface area contributed by atoms with Crippen molar-refractivity contribution in [3.8, 4) is 5.75 Å². The lowest BCUT2D eigenvalue weighted by atomic mass is 10.1. The SMILES string of the molecule is CCCCCCCOc1ccc([C@@H](C)N)cc1. The van der Waals surface area contributed by atoms with Gasteiger partial charge in [0.25, 0.3) is 0 Å². The molecule has 2 heteroatoms. The van der Waals surface area contributed by atoms with Gasteiger partial charge in [0.2, 0.25) is 0 Å². The lowest BCUT2D eigenvalue weighted by Gasteiger charge is -2.08. The second kappa shape index (κ2) is 8.13. The van der Waals surface area contributed by atoms with Gasteiger partial charge >= 0.3 is 0 Å². The highest BCUT2D eigenvalue weighted by Crippen LogP contribution is 2.16. The van der Waals surface area contributed by atoms with Crippen molar-refractivity contribution >= 4 is 0 Å². The molecule has 0 spiro atoms. The minimum atomic E-state index is 0.0955. The van der Waals surface area contributed by atoms with E-state index in [4.69, 9.17) is 10.5 Å². The molecule has 1 atom stereocenters. The quantitative estimate of drug-likeness (QED) is 0.690. The van der Waals surface area contributed by atoms with Crippen molar-refractivity contribution in [2.75, 3.05) is 6.61 Å². The first-order valence-corrected chi connectivity index (χ1v) is 6.72. The van der Waals surface area contributed by atoms with E-state index in [1.54, 1.807) is 0 Å². The molecule has 0 aromatic heterocycles. The van der Waals surface area contributed by atoms with Crippen molar-refractivity contribution in [2.45, 2.75) is 52.0 Å². The highest BCUT2D eigenvalue weighted by atomic mass is 16.5. The zero-order valence-electron chi connectivity index (χ0n) is 11.1. The van der Waals surface area contributed by atoms with Crippen LogP contribution in [0.15, 0.2) is 24.3 Å². The topological polar surface area (TPSA) is 35.2 Å². The molecule has 0 bridgehead atoms. The fourth-order valence-electron chi connectivity index (χ4n) is 1.76. The minimum Gasteiger partial charge on any atom is -0.494 e. The Kier molecular flexibility index (Phi) is 6.71. The molecule has 0 unspecified atom stereocenters. The summed E-state index contributed by atoms with van der Waals surface area (Å²) in [6.45, 7) is 5.04. The first-order chi connectivity index (χ1) is 8.24. The number of unbranched alkanes of at least 4 members (excludes halogenated alkanes) is 4. The first kappa shape index (κ1) is 14.0. The van der Waals surface area contributed by atoms with E-state index in [1.807, 2.05) is 31.2 Å². The van der Waals surface area contributed by atoms with Gasteiger partial charge in [0, 0.05) is 6.04 Å². The average Bonchev–Trinajstić information content (AvgIpc) is 2.34. The number of rotatable bonds is 8. The maximum absolute atomic E-state index is 5.79. The second-order valence-electron chi connectivity index (χ2n) is 4.62. The van der Waals surface area contributed by atoms with Crippen LogP contribution in [-0.4, -0.2) is 6.61 Å². The Balaban J connectivity index is 2.19. The third-order valence-corrected chi connectivity index (χ3v) is 2.92. The zero-order chi connectivity index (χ0) is 12.5. The van der Waals surface area contributed by atoms with Gasteiger partial charge in [0.15, 0.2) is 0 Å². The van der Waals surface area contributed by atoms with Gasteiger partial charge in [-0.15, -0.1) is 0 Å². The maximum Gasteiger partial charge on any atom is 0.119 e. The molecule has 0 fully saturated rings. The van der Waals surface area contributed by atoms with Gasteiger partial charge in [-0.25, -0.2) is 0 Å². The molecule has 2 nitrogen and oxygen atoms in total. The van der Waals surface area contributed by atoms with Gasteiger partial charge in [-0.05, 0) is 31.0 Å². The Labute approximate surface area is 105 Å². The van der Waals surface area contributed by atoms with Crippen LogP contribution in [0.1, 0.15) is 57.6 Å². The molecule has 0 heterocycles. The van der Waals surface area contributed by atoms with Gasteiger partial charge in [0.05, 0.1) is 6.61 Å². The van der Waals surface area contributed by atoms with Crippen LogP contribution >= 0.6 is 0 Å². The predicted molar refractivity (Wildman–Crippen MR) is 73.3 cm³/mol. The Bertz CT molecular complexity index is 292. The number of hydrogen-bond acceptors (Lipinski definition) is 2. The summed E-state index contributed by atoms with van der Waals surface area (Å²) in [6.07, 6.45) is 6.37. The van der Waals surface area contributed by atoms with Crippen molar-refractivity contribution in [3.63, 3.8) is 0 Å². The summed E-state index contributed by atoms with van der Waals surface area (Å²) in [7, 11) is 0. The molecule has 0 aliphatic heterocycles. The minimum absolute atomic E-state index is 0.0955. The van der Waals surface area contributed by atoms with Crippen LogP contribution in [0.2, 0.25) is 0 Å². The fourth-order valence-corrected chi connectivity index (χ4v) is 1.76. The summed E-state index contributed by atoms with van der Waals surface area (Å²) >= 11 is 0. The molecule has 17 heavy (non-hydrogen) atoms. The van der Waals surface area contributed by atoms with E-state index < -0.39 is 0 Å². The standard InChI is InChI=1S/C15H25NO/c1-3-4-5-6-7-12-17-15-10-8-14(9-11-15)13(2)16/h8-11,13H,3-7,12,16H2,1-2H3/t13-/m1/s1. The number of benzene rings is 1. The van der Waals surface area contributed by atoms with Crippen LogP contribution in [0.5, 0.6) is 5.75 Å². The number of hydrogen-bond donors (Lipinski definition) is 1. The van der Waals surface area contributed by atoms with E-state index in [2.05, 4.69) is 6.92 Å². The van der Waals surface area contributed by atoms with E-state index in [0.717, 1.165) is 24.3 Å². The largest absolute Gasteiger partial charge is 0.494 e. The molecule has 2 N–H and O–H groups in total. The Morgan fingerprint density at radius 3 is 2.29 bits per heavy atom. The van der Waals surface area contributed by atoms with E-state index in [-0.39, 0.29) is 6.04 Å². The normalized spacial score (nSPS) is 12.4. The molecule has 1 rings (SSSR count). The van der Waals surface area contributed by atoms with Crippen LogP contribution < -0.4 is 10.5 Å². The Hall–Kier alpha value is -1.02. The summed E-state index contributed by atoms with van der Waals surface area (Å²) in [5, 5.41) is 0. The van der Waals surface area contributed by atoms with Gasteiger partial charge < -0.3 is 10.5 Å². The maximum atomic E-state index is 5.79. The van der Waals surface area contributed by atoms with E-state index in [9.17, 15) is 0 Å². The van der Waals surface area contributed by atoms with Crippen molar-refractivity contribution in [2.24, 2.45) is 5.73 Å². The molecule has 0 radical (unpaired) electrons. The molecular weight excluding hydrogens is 210 g/mol. The molecule has 1 aromatic rings. The molecule has 0 amide bonds. The monoisotopic (exact) mass is 235 g/mol. The summed E-state index contributed by atoms with van der Waals surface area (Å²) in [6, 6.07) is 8.18. The molecule has 96 valence electrons. The van der Waals surface area contributed by atoms with Crippen molar-refractivity contribution in [1.82, 2.24) is 0 Å². The van der Waals surface area contributed by atoms with Crippen LogP contribution in [0, 0.1) is 0 Å². The molecular formula is C15H25NO. The predicted octanol–water partition coefficient (Wildman–Crippen LogP) is 4.06. The third-order valence-electron chi connectivity index (χ3n) is 2.92. The van der Waals surface area contributed by atoms with Gasteiger partial charge in [0.1, 0.15) is 5.75 Å². The van der Waals surface area contributed by atoms with Crippen molar-refractivity contribution in [1.29, 1.82) is 0 Å². The van der Waals surface area contributed by atoms with Gasteiger partial charge in [-0.2, -0.15) is 0 Å². The molecule has 0 aliphatic rings. The lowest BCUT2D eigenvalue weighted by Crippen LogP contribution is -2.04. The van der Waals surface area contributed by atoms with E-state index in [1.165, 1.54) is 25.7 Å². The number of nitrogens with two attached hydrogens (primary N) is 1. The smallest absolute Gasteiger partial charge is 0.119 e. The Morgan fingerprint density at radius 1 is 1.06 bits per heavy atom. The summed E-state index contributed by atoms with van der Waals surface area (Å²) in [5.74, 6) is 0.949. The summed E-state index contributed by atoms with van der Waals surface area (Å²) < 4.78 is 5.68. The average molecular weight is 235 g/mol. The summed E-state index contributed by atoms with van der Waals surface area (Å²) in [4.78, 5) is 0. The summed E-state index contributed by atoms with van der Waals surface area (Å²) in [5.41, 5.74) is 6.94. The van der Waals surface area contributed by atoms with Gasteiger partial charge in [-0.1, -0.05) is 44.7 Å². The lowest BCUT2D eigenvalue weighted by molar-refractivity contribution is 0.304. The van der Waals surface area contributed by atoms with E-state index in [0.29, 0.717) is 0 Å². The van der Waals surface area contributed by atoms with Crippen molar-refractivity contribution in [3.05, 3.63) is 29.8 Å². The van der Waals surface area contributed by atoms with E-state index >= 15 is 0 Å². The highest BCUT2D eigenvalue weighted by molar-refractivity contribution is 5.28. The number of ether oxygens (including phenoxy) is 1.